The van der Waals surface area contributed by atoms with Gasteiger partial charge >= 0.3 is 0 Å². The van der Waals surface area contributed by atoms with Gasteiger partial charge in [0.25, 0.3) is 5.91 Å². The number of benzene rings is 1. The number of aromatic nitrogens is 1. The average Bonchev–Trinajstić information content (AvgIpc) is 2.69. The fourth-order valence-corrected chi connectivity index (χ4v) is 2.80. The summed E-state index contributed by atoms with van der Waals surface area (Å²) in [4.78, 5) is 12.4. The lowest BCUT2D eigenvalue weighted by Gasteiger charge is -2.10. The summed E-state index contributed by atoms with van der Waals surface area (Å²) in [5.74, 6) is -0.0749. The van der Waals surface area contributed by atoms with Crippen molar-refractivity contribution >= 4 is 27.5 Å². The van der Waals surface area contributed by atoms with Gasteiger partial charge in [0.05, 0.1) is 0 Å². The molecule has 1 heterocycles. The van der Waals surface area contributed by atoms with Gasteiger partial charge in [-0.05, 0) is 65.5 Å². The zero-order valence-corrected chi connectivity index (χ0v) is 13.6. The number of anilines is 1. The van der Waals surface area contributed by atoms with Crippen molar-refractivity contribution in [3.8, 4) is 0 Å². The number of hydrogen-bond donors (Lipinski definition) is 1. The molecule has 1 aromatic carbocycles. The maximum atomic E-state index is 12.4. The molecular weight excluding hydrogens is 316 g/mol. The molecule has 0 unspecified atom stereocenters. The van der Waals surface area contributed by atoms with Gasteiger partial charge in [-0.2, -0.15) is 0 Å². The van der Waals surface area contributed by atoms with Crippen molar-refractivity contribution in [3.63, 3.8) is 0 Å². The Morgan fingerprint density at radius 1 is 1.20 bits per heavy atom. The minimum Gasteiger partial charge on any atom is -0.342 e. The first-order valence-corrected chi connectivity index (χ1v) is 7.54. The molecule has 0 aliphatic rings. The smallest absolute Gasteiger partial charge is 0.272 e. The Kier molecular flexibility index (Phi) is 4.65. The van der Waals surface area contributed by atoms with Gasteiger partial charge in [0.2, 0.25) is 0 Å². The molecule has 2 rings (SSSR count). The first-order chi connectivity index (χ1) is 9.49. The van der Waals surface area contributed by atoms with Crippen LogP contribution in [0.4, 0.5) is 5.69 Å². The van der Waals surface area contributed by atoms with Gasteiger partial charge < -0.3 is 9.88 Å². The minimum atomic E-state index is -0.0749. The molecular formula is C16H19BrN2O. The fraction of sp³-hybridized carbons (Fsp3) is 0.312. The number of carbonyl (C=O) groups excluding carboxylic acids is 1. The maximum Gasteiger partial charge on any atom is 0.272 e. The summed E-state index contributed by atoms with van der Waals surface area (Å²) in [6.07, 6.45) is 2.94. The highest BCUT2D eigenvalue weighted by molar-refractivity contribution is 9.10. The third kappa shape index (κ3) is 3.51. The second kappa shape index (κ2) is 6.27. The van der Waals surface area contributed by atoms with Gasteiger partial charge in [0, 0.05) is 22.9 Å². The van der Waals surface area contributed by atoms with Crippen molar-refractivity contribution in [2.45, 2.75) is 33.7 Å². The van der Waals surface area contributed by atoms with Crippen LogP contribution in [-0.4, -0.2) is 10.5 Å². The molecule has 0 saturated heterocycles. The van der Waals surface area contributed by atoms with Crippen molar-refractivity contribution in [1.82, 2.24) is 4.57 Å². The molecule has 0 bridgehead atoms. The highest BCUT2D eigenvalue weighted by atomic mass is 79.9. The lowest BCUT2D eigenvalue weighted by molar-refractivity contribution is 0.101. The van der Waals surface area contributed by atoms with Gasteiger partial charge in [0.15, 0.2) is 0 Å². The third-order valence-corrected chi connectivity index (χ3v) is 3.47. The molecule has 1 aromatic heterocycles. The van der Waals surface area contributed by atoms with Crippen molar-refractivity contribution in [2.24, 2.45) is 0 Å². The van der Waals surface area contributed by atoms with Gasteiger partial charge in [-0.25, -0.2) is 0 Å². The van der Waals surface area contributed by atoms with Crippen LogP contribution in [0.3, 0.4) is 0 Å². The van der Waals surface area contributed by atoms with Crippen LogP contribution in [0.2, 0.25) is 0 Å². The molecule has 0 spiro atoms. The van der Waals surface area contributed by atoms with Crippen LogP contribution in [0.25, 0.3) is 0 Å². The lowest BCUT2D eigenvalue weighted by atomic mass is 10.1. The van der Waals surface area contributed by atoms with E-state index < -0.39 is 0 Å². The van der Waals surface area contributed by atoms with Crippen LogP contribution in [0.5, 0.6) is 0 Å². The SMILES string of the molecule is CCCn1cc(Br)cc1C(=O)Nc1cc(C)cc(C)c1. The predicted octanol–water partition coefficient (Wildman–Crippen LogP) is 4.53. The monoisotopic (exact) mass is 334 g/mol. The van der Waals surface area contributed by atoms with Crippen LogP contribution in [0, 0.1) is 13.8 Å². The first-order valence-electron chi connectivity index (χ1n) is 6.75. The summed E-state index contributed by atoms with van der Waals surface area (Å²) >= 11 is 3.43. The summed E-state index contributed by atoms with van der Waals surface area (Å²) < 4.78 is 2.90. The number of carbonyl (C=O) groups is 1. The third-order valence-electron chi connectivity index (χ3n) is 3.04. The van der Waals surface area contributed by atoms with E-state index in [0.29, 0.717) is 5.69 Å². The number of amides is 1. The van der Waals surface area contributed by atoms with Gasteiger partial charge in [-0.1, -0.05) is 13.0 Å². The first kappa shape index (κ1) is 14.9. The van der Waals surface area contributed by atoms with Crippen molar-refractivity contribution in [3.05, 3.63) is 51.8 Å². The average molecular weight is 335 g/mol. The summed E-state index contributed by atoms with van der Waals surface area (Å²) in [6, 6.07) is 7.90. The zero-order chi connectivity index (χ0) is 14.7. The molecule has 0 radical (unpaired) electrons. The zero-order valence-electron chi connectivity index (χ0n) is 12.0. The molecule has 106 valence electrons. The van der Waals surface area contributed by atoms with Crippen molar-refractivity contribution in [2.75, 3.05) is 5.32 Å². The Balaban J connectivity index is 2.23. The molecule has 0 atom stereocenters. The normalized spacial score (nSPS) is 10.6. The molecule has 0 aliphatic heterocycles. The molecule has 0 fully saturated rings. The summed E-state index contributed by atoms with van der Waals surface area (Å²) in [7, 11) is 0. The van der Waals surface area contributed by atoms with Crippen LogP contribution in [0.15, 0.2) is 34.9 Å². The van der Waals surface area contributed by atoms with E-state index in [1.165, 1.54) is 0 Å². The molecule has 0 saturated carbocycles. The number of nitrogens with one attached hydrogen (secondary N) is 1. The lowest BCUT2D eigenvalue weighted by Crippen LogP contribution is -2.16. The van der Waals surface area contributed by atoms with Crippen LogP contribution < -0.4 is 5.32 Å². The summed E-state index contributed by atoms with van der Waals surface area (Å²) in [5, 5.41) is 2.97. The Hall–Kier alpha value is -1.55. The predicted molar refractivity (Wildman–Crippen MR) is 86.3 cm³/mol. The molecule has 0 aliphatic carbocycles. The highest BCUT2D eigenvalue weighted by Crippen LogP contribution is 2.19. The van der Waals surface area contributed by atoms with E-state index in [4.69, 9.17) is 0 Å². The standard InChI is InChI=1S/C16H19BrN2O/c1-4-5-19-10-13(17)9-15(19)16(20)18-14-7-11(2)6-12(3)8-14/h6-10H,4-5H2,1-3H3,(H,18,20). The Morgan fingerprint density at radius 2 is 1.85 bits per heavy atom. The van der Waals surface area contributed by atoms with Crippen LogP contribution in [0.1, 0.15) is 35.0 Å². The largest absolute Gasteiger partial charge is 0.342 e. The van der Waals surface area contributed by atoms with E-state index in [9.17, 15) is 4.79 Å². The van der Waals surface area contributed by atoms with E-state index in [1.54, 1.807) is 0 Å². The van der Waals surface area contributed by atoms with Crippen LogP contribution in [-0.2, 0) is 6.54 Å². The van der Waals surface area contributed by atoms with Crippen molar-refractivity contribution in [1.29, 1.82) is 0 Å². The topological polar surface area (TPSA) is 34.0 Å². The number of hydrogen-bond acceptors (Lipinski definition) is 1. The van der Waals surface area contributed by atoms with Gasteiger partial charge in [0.1, 0.15) is 5.69 Å². The van der Waals surface area contributed by atoms with E-state index in [-0.39, 0.29) is 5.91 Å². The molecule has 2 aromatic rings. The van der Waals surface area contributed by atoms with Crippen molar-refractivity contribution < 1.29 is 4.79 Å². The van der Waals surface area contributed by atoms with E-state index in [0.717, 1.165) is 34.3 Å². The second-order valence-corrected chi connectivity index (χ2v) is 5.98. The molecule has 1 N–H and O–H groups in total. The molecule has 20 heavy (non-hydrogen) atoms. The van der Waals surface area contributed by atoms with Crippen LogP contribution >= 0.6 is 15.9 Å². The number of nitrogens with zero attached hydrogens (tertiary/aromatic N) is 1. The van der Waals surface area contributed by atoms with E-state index >= 15 is 0 Å². The summed E-state index contributed by atoms with van der Waals surface area (Å²) in [5.41, 5.74) is 3.81. The second-order valence-electron chi connectivity index (χ2n) is 5.07. The Labute approximate surface area is 128 Å². The quantitative estimate of drug-likeness (QED) is 0.875. The number of aryl methyl sites for hydroxylation is 3. The fourth-order valence-electron chi connectivity index (χ4n) is 2.33. The minimum absolute atomic E-state index is 0.0749. The molecule has 4 heteroatoms. The van der Waals surface area contributed by atoms with Gasteiger partial charge in [-0.15, -0.1) is 0 Å². The van der Waals surface area contributed by atoms with Gasteiger partial charge in [-0.3, -0.25) is 4.79 Å². The molecule has 1 amide bonds. The number of halogens is 1. The molecule has 3 nitrogen and oxygen atoms in total. The van der Waals surface area contributed by atoms with E-state index in [2.05, 4.69) is 34.2 Å². The Bertz CT molecular complexity index is 611. The number of rotatable bonds is 4. The Morgan fingerprint density at radius 3 is 2.45 bits per heavy atom. The highest BCUT2D eigenvalue weighted by Gasteiger charge is 2.13. The summed E-state index contributed by atoms with van der Waals surface area (Å²) in [6.45, 7) is 6.98. The van der Waals surface area contributed by atoms with E-state index in [1.807, 2.05) is 42.8 Å². The maximum absolute atomic E-state index is 12.4.